The summed E-state index contributed by atoms with van der Waals surface area (Å²) in [5.41, 5.74) is 6.34. The smallest absolute Gasteiger partial charge is 0.410 e. The summed E-state index contributed by atoms with van der Waals surface area (Å²) in [5.74, 6) is -0.0169. The van der Waals surface area contributed by atoms with Crippen molar-refractivity contribution in [2.24, 2.45) is 12.8 Å². The van der Waals surface area contributed by atoms with Crippen LogP contribution in [0.1, 0.15) is 28.9 Å². The molecule has 1 aliphatic rings. The van der Waals surface area contributed by atoms with Gasteiger partial charge in [0.15, 0.2) is 5.69 Å². The van der Waals surface area contributed by atoms with E-state index in [1.54, 1.807) is 16.6 Å². The monoisotopic (exact) mass is 405 g/mol. The van der Waals surface area contributed by atoms with Crippen LogP contribution in [0.5, 0.6) is 0 Å². The van der Waals surface area contributed by atoms with Gasteiger partial charge in [-0.25, -0.2) is 4.79 Å². The molecule has 1 saturated heterocycles. The van der Waals surface area contributed by atoms with E-state index in [1.807, 2.05) is 42.3 Å². The number of nitrogens with two attached hydrogens (primary N) is 1. The van der Waals surface area contributed by atoms with Crippen molar-refractivity contribution in [1.29, 1.82) is 0 Å². The van der Waals surface area contributed by atoms with Gasteiger partial charge < -0.3 is 20.3 Å². The van der Waals surface area contributed by atoms with E-state index in [0.717, 1.165) is 18.4 Å². The van der Waals surface area contributed by atoms with Gasteiger partial charge in [-0.3, -0.25) is 9.48 Å². The zero-order chi connectivity index (χ0) is 20.3. The number of primary amides is 1. The first-order valence-corrected chi connectivity index (χ1v) is 9.47. The molecule has 1 aromatic carbocycles. The zero-order valence-electron chi connectivity index (χ0n) is 16.0. The van der Waals surface area contributed by atoms with Crippen molar-refractivity contribution in [2.45, 2.75) is 25.5 Å². The number of rotatable bonds is 5. The third-order valence-corrected chi connectivity index (χ3v) is 5.35. The van der Waals surface area contributed by atoms with E-state index in [1.165, 1.54) is 0 Å². The fourth-order valence-corrected chi connectivity index (χ4v) is 3.84. The number of ether oxygens (including phenoxy) is 1. The number of piperidine rings is 1. The van der Waals surface area contributed by atoms with E-state index in [9.17, 15) is 9.59 Å². The Hall–Kier alpha value is -2.74. The lowest BCUT2D eigenvalue weighted by atomic mass is 10.0. The van der Waals surface area contributed by atoms with Crippen LogP contribution >= 0.6 is 11.6 Å². The number of aromatic nitrogens is 2. The number of hydrogen-bond donors (Lipinski definition) is 1. The Balaban J connectivity index is 1.56. The summed E-state index contributed by atoms with van der Waals surface area (Å²) in [6.45, 7) is 1.43. The average Bonchev–Trinajstić information content (AvgIpc) is 3.01. The molecule has 1 aliphatic heterocycles. The highest BCUT2D eigenvalue weighted by molar-refractivity contribution is 6.36. The normalized spacial score (nSPS) is 14.8. The minimum atomic E-state index is -0.656. The van der Waals surface area contributed by atoms with E-state index in [4.69, 9.17) is 22.1 Å². The van der Waals surface area contributed by atoms with Crippen LogP contribution in [0, 0.1) is 0 Å². The average molecular weight is 406 g/mol. The van der Waals surface area contributed by atoms with Gasteiger partial charge in [-0.05, 0) is 18.4 Å². The largest absolute Gasteiger partial charge is 0.445 e. The van der Waals surface area contributed by atoms with E-state index < -0.39 is 5.91 Å². The minimum absolute atomic E-state index is 0.0629. The third kappa shape index (κ3) is 4.22. The number of halogens is 1. The molecule has 0 bridgehead atoms. The van der Waals surface area contributed by atoms with Gasteiger partial charge in [-0.1, -0.05) is 41.9 Å². The second kappa shape index (κ2) is 8.52. The maximum Gasteiger partial charge on any atom is 0.410 e. The molecule has 9 heteroatoms. The summed E-state index contributed by atoms with van der Waals surface area (Å²) in [6.07, 6.45) is 1.20. The summed E-state index contributed by atoms with van der Waals surface area (Å²) >= 11 is 6.31. The molecule has 2 amide bonds. The number of amides is 2. The summed E-state index contributed by atoms with van der Waals surface area (Å²) in [5, 5.41) is 4.36. The molecule has 8 nitrogen and oxygen atoms in total. The highest BCUT2D eigenvalue weighted by Crippen LogP contribution is 2.31. The third-order valence-electron chi connectivity index (χ3n) is 5.00. The number of anilines is 1. The maximum atomic E-state index is 12.3. The van der Waals surface area contributed by atoms with Gasteiger partial charge in [0, 0.05) is 33.2 Å². The number of benzene rings is 1. The number of hydrogen-bond acceptors (Lipinski definition) is 5. The predicted octanol–water partition coefficient (Wildman–Crippen LogP) is 2.41. The first-order valence-electron chi connectivity index (χ1n) is 9.09. The molecular weight excluding hydrogens is 382 g/mol. The molecule has 0 saturated carbocycles. The molecule has 150 valence electrons. The Morgan fingerprint density at radius 1 is 1.29 bits per heavy atom. The molecule has 0 aliphatic carbocycles. The lowest BCUT2D eigenvalue weighted by molar-refractivity contribution is 0.0869. The molecule has 0 spiro atoms. The van der Waals surface area contributed by atoms with Gasteiger partial charge in [0.1, 0.15) is 17.4 Å². The van der Waals surface area contributed by atoms with Crippen LogP contribution in [0.25, 0.3) is 0 Å². The molecule has 1 fully saturated rings. The SMILES string of the molecule is CN(c1c(Cl)c(C(N)=O)nn1C)C1CCN(C(=O)OCc2ccccc2)CC1. The second-order valence-corrected chi connectivity index (χ2v) is 7.22. The van der Waals surface area contributed by atoms with Crippen LogP contribution < -0.4 is 10.6 Å². The van der Waals surface area contributed by atoms with Gasteiger partial charge in [0.25, 0.3) is 5.91 Å². The summed E-state index contributed by atoms with van der Waals surface area (Å²) in [6, 6.07) is 9.76. The van der Waals surface area contributed by atoms with Gasteiger partial charge >= 0.3 is 6.09 Å². The van der Waals surface area contributed by atoms with E-state index in [2.05, 4.69) is 5.10 Å². The molecule has 3 rings (SSSR count). The van der Waals surface area contributed by atoms with Crippen LogP contribution in [0.2, 0.25) is 5.02 Å². The first kappa shape index (κ1) is 20.0. The molecule has 2 N–H and O–H groups in total. The van der Waals surface area contributed by atoms with Gasteiger partial charge in [0.2, 0.25) is 0 Å². The van der Waals surface area contributed by atoms with E-state index in [-0.39, 0.29) is 29.5 Å². The number of likely N-dealkylation sites (tertiary alicyclic amines) is 1. The van der Waals surface area contributed by atoms with Crippen LogP contribution in [0.3, 0.4) is 0 Å². The topological polar surface area (TPSA) is 93.7 Å². The van der Waals surface area contributed by atoms with Crippen LogP contribution in [0.15, 0.2) is 30.3 Å². The van der Waals surface area contributed by atoms with Gasteiger partial charge in [-0.2, -0.15) is 5.10 Å². The van der Waals surface area contributed by atoms with Crippen LogP contribution in [-0.4, -0.2) is 52.9 Å². The van der Waals surface area contributed by atoms with Crippen LogP contribution in [-0.2, 0) is 18.4 Å². The molecular formula is C19H24ClN5O3. The second-order valence-electron chi connectivity index (χ2n) is 6.84. The fraction of sp³-hybridized carbons (Fsp3) is 0.421. The Morgan fingerprint density at radius 3 is 2.50 bits per heavy atom. The Bertz CT molecular complexity index is 847. The fourth-order valence-electron chi connectivity index (χ4n) is 3.45. The van der Waals surface area contributed by atoms with Gasteiger partial charge in [0.05, 0.1) is 0 Å². The maximum absolute atomic E-state index is 12.3. The lowest BCUT2D eigenvalue weighted by Gasteiger charge is -2.37. The number of carbonyl (C=O) groups excluding carboxylic acids is 2. The Morgan fingerprint density at radius 2 is 1.93 bits per heavy atom. The molecule has 2 heterocycles. The minimum Gasteiger partial charge on any atom is -0.445 e. The lowest BCUT2D eigenvalue weighted by Crippen LogP contribution is -2.46. The zero-order valence-corrected chi connectivity index (χ0v) is 16.7. The van der Waals surface area contributed by atoms with Crippen molar-refractivity contribution in [3.05, 3.63) is 46.6 Å². The highest BCUT2D eigenvalue weighted by atomic mass is 35.5. The highest BCUT2D eigenvalue weighted by Gasteiger charge is 2.30. The molecule has 0 radical (unpaired) electrons. The van der Waals surface area contributed by atoms with Crippen molar-refractivity contribution < 1.29 is 14.3 Å². The van der Waals surface area contributed by atoms with Crippen molar-refractivity contribution in [1.82, 2.24) is 14.7 Å². The number of carbonyl (C=O) groups is 2. The number of aryl methyl sites for hydroxylation is 1. The molecule has 0 atom stereocenters. The standard InChI is InChI=1S/C19H24ClN5O3/c1-23(18-15(20)16(17(21)26)22-24(18)2)14-8-10-25(11-9-14)19(27)28-12-13-6-4-3-5-7-13/h3-7,14H,8-12H2,1-2H3,(H2,21,26). The molecule has 1 aromatic heterocycles. The van der Waals surface area contributed by atoms with Crippen molar-refractivity contribution in [3.63, 3.8) is 0 Å². The first-order chi connectivity index (χ1) is 13.4. The van der Waals surface area contributed by atoms with E-state index in [0.29, 0.717) is 18.9 Å². The predicted molar refractivity (Wildman–Crippen MR) is 106 cm³/mol. The molecule has 28 heavy (non-hydrogen) atoms. The van der Waals surface area contributed by atoms with Crippen molar-refractivity contribution in [3.8, 4) is 0 Å². The molecule has 0 unspecified atom stereocenters. The Kier molecular flexibility index (Phi) is 6.08. The summed E-state index contributed by atoms with van der Waals surface area (Å²) in [7, 11) is 3.63. The van der Waals surface area contributed by atoms with Crippen LogP contribution in [0.4, 0.5) is 10.6 Å². The van der Waals surface area contributed by atoms with Crippen molar-refractivity contribution >= 4 is 29.4 Å². The van der Waals surface area contributed by atoms with Gasteiger partial charge in [-0.15, -0.1) is 0 Å². The number of nitrogens with zero attached hydrogens (tertiary/aromatic N) is 4. The molecule has 2 aromatic rings. The van der Waals surface area contributed by atoms with E-state index >= 15 is 0 Å². The van der Waals surface area contributed by atoms with Crippen molar-refractivity contribution in [2.75, 3.05) is 25.0 Å². The summed E-state index contributed by atoms with van der Waals surface area (Å²) in [4.78, 5) is 27.5. The summed E-state index contributed by atoms with van der Waals surface area (Å²) < 4.78 is 6.96. The quantitative estimate of drug-likeness (QED) is 0.824. The Labute approximate surface area is 168 Å².